The predicted molar refractivity (Wildman–Crippen MR) is 115 cm³/mol. The zero-order valence-electron chi connectivity index (χ0n) is 15.7. The highest BCUT2D eigenvalue weighted by molar-refractivity contribution is 14.0. The average Bonchev–Trinajstić information content (AvgIpc) is 2.62. The summed E-state index contributed by atoms with van der Waals surface area (Å²) in [6.07, 6.45) is 1.72. The third kappa shape index (κ3) is 7.02. The Bertz CT molecular complexity index is 705. The summed E-state index contributed by atoms with van der Waals surface area (Å²) in [7, 11) is 3.58. The van der Waals surface area contributed by atoms with E-state index in [0.29, 0.717) is 25.6 Å². The highest BCUT2D eigenvalue weighted by Crippen LogP contribution is 2.23. The molecule has 0 aliphatic carbocycles. The van der Waals surface area contributed by atoms with Gasteiger partial charge in [0.2, 0.25) is 0 Å². The molecule has 5 nitrogen and oxygen atoms in total. The van der Waals surface area contributed by atoms with Crippen molar-refractivity contribution >= 4 is 29.9 Å². The number of pyridine rings is 1. The zero-order chi connectivity index (χ0) is 18.9. The summed E-state index contributed by atoms with van der Waals surface area (Å²) in [6.45, 7) is 3.35. The maximum Gasteiger partial charge on any atom is 0.191 e. The van der Waals surface area contributed by atoms with Crippen LogP contribution in [0.3, 0.4) is 0 Å². The normalized spacial score (nSPS) is 12.4. The number of rotatable bonds is 7. The highest BCUT2D eigenvalue weighted by Gasteiger charge is 2.22. The minimum Gasteiger partial charge on any atom is -0.357 e. The van der Waals surface area contributed by atoms with Crippen molar-refractivity contribution in [3.05, 3.63) is 65.5 Å². The Labute approximate surface area is 176 Å². The molecule has 0 amide bonds. The van der Waals surface area contributed by atoms with Gasteiger partial charge in [0.15, 0.2) is 5.96 Å². The number of nitrogens with zero attached hydrogens (tertiary/aromatic N) is 3. The summed E-state index contributed by atoms with van der Waals surface area (Å²) in [6, 6.07) is 9.08. The summed E-state index contributed by atoms with van der Waals surface area (Å²) < 4.78 is 28.3. The Morgan fingerprint density at radius 3 is 2.37 bits per heavy atom. The van der Waals surface area contributed by atoms with Crippen LogP contribution in [0, 0.1) is 11.6 Å². The minimum atomic E-state index is -0.555. The van der Waals surface area contributed by atoms with Crippen LogP contribution < -0.4 is 10.6 Å². The second-order valence-corrected chi connectivity index (χ2v) is 6.01. The third-order valence-corrected chi connectivity index (χ3v) is 3.89. The maximum atomic E-state index is 14.2. The Morgan fingerprint density at radius 2 is 1.81 bits per heavy atom. The number of likely N-dealkylation sites (N-methyl/N-ethyl adjacent to an activating group) is 1. The number of benzene rings is 1. The molecule has 0 fully saturated rings. The predicted octanol–water partition coefficient (Wildman–Crippen LogP) is 3.34. The van der Waals surface area contributed by atoms with Crippen molar-refractivity contribution in [2.24, 2.45) is 4.99 Å². The number of guanidine groups is 1. The van der Waals surface area contributed by atoms with Gasteiger partial charge in [-0.2, -0.15) is 0 Å². The molecule has 1 aromatic carbocycles. The van der Waals surface area contributed by atoms with Crippen LogP contribution in [0.4, 0.5) is 8.78 Å². The summed E-state index contributed by atoms with van der Waals surface area (Å²) in [5.74, 6) is -0.538. The van der Waals surface area contributed by atoms with Gasteiger partial charge >= 0.3 is 0 Å². The number of nitrogens with one attached hydrogen (secondary N) is 2. The van der Waals surface area contributed by atoms with Gasteiger partial charge in [0.05, 0.1) is 18.3 Å². The van der Waals surface area contributed by atoms with Crippen molar-refractivity contribution in [2.75, 3.05) is 27.2 Å². The fraction of sp³-hybridized carbons (Fsp3) is 0.368. The van der Waals surface area contributed by atoms with Crippen LogP contribution in [0.5, 0.6) is 0 Å². The van der Waals surface area contributed by atoms with E-state index >= 15 is 0 Å². The molecule has 1 atom stereocenters. The van der Waals surface area contributed by atoms with Gasteiger partial charge in [0, 0.05) is 24.8 Å². The van der Waals surface area contributed by atoms with Crippen LogP contribution in [0.25, 0.3) is 0 Å². The van der Waals surface area contributed by atoms with Crippen LogP contribution in [0.1, 0.15) is 24.2 Å². The lowest BCUT2D eigenvalue weighted by Crippen LogP contribution is -2.42. The molecule has 0 aliphatic heterocycles. The number of aromatic nitrogens is 1. The average molecular weight is 489 g/mol. The Hall–Kier alpha value is -1.81. The Morgan fingerprint density at radius 1 is 1.11 bits per heavy atom. The van der Waals surface area contributed by atoms with Crippen molar-refractivity contribution in [3.8, 4) is 0 Å². The second-order valence-electron chi connectivity index (χ2n) is 6.01. The standard InChI is InChI=1S/C19H25F2N5.HI/c1-4-22-19(24-12-14-8-5-6-11-23-14)25-13-17(26(2)3)18-15(20)9-7-10-16(18)21;/h5-11,17H,4,12-13H2,1-3H3,(H2,22,24,25);1H. The third-order valence-electron chi connectivity index (χ3n) is 3.89. The lowest BCUT2D eigenvalue weighted by Gasteiger charge is -2.26. The highest BCUT2D eigenvalue weighted by atomic mass is 127. The Balaban J connectivity index is 0.00000364. The van der Waals surface area contributed by atoms with Crippen LogP contribution in [0.2, 0.25) is 0 Å². The van der Waals surface area contributed by atoms with Crippen molar-refractivity contribution in [3.63, 3.8) is 0 Å². The van der Waals surface area contributed by atoms with Gasteiger partial charge in [0.25, 0.3) is 0 Å². The quantitative estimate of drug-likeness (QED) is 0.356. The van der Waals surface area contributed by atoms with E-state index in [-0.39, 0.29) is 29.5 Å². The van der Waals surface area contributed by atoms with Crippen molar-refractivity contribution in [2.45, 2.75) is 19.5 Å². The van der Waals surface area contributed by atoms with E-state index in [0.717, 1.165) is 5.69 Å². The van der Waals surface area contributed by atoms with E-state index < -0.39 is 17.7 Å². The fourth-order valence-corrected chi connectivity index (χ4v) is 2.56. The van der Waals surface area contributed by atoms with Gasteiger partial charge in [0.1, 0.15) is 11.6 Å². The number of hydrogen-bond acceptors (Lipinski definition) is 3. The molecule has 0 radical (unpaired) electrons. The topological polar surface area (TPSA) is 52.6 Å². The molecule has 1 aromatic heterocycles. The molecular weight excluding hydrogens is 463 g/mol. The van der Waals surface area contributed by atoms with E-state index in [9.17, 15) is 8.78 Å². The van der Waals surface area contributed by atoms with Gasteiger partial charge in [-0.05, 0) is 45.3 Å². The van der Waals surface area contributed by atoms with E-state index in [1.165, 1.54) is 18.2 Å². The largest absolute Gasteiger partial charge is 0.357 e. The second kappa shape index (κ2) is 11.8. The van der Waals surface area contributed by atoms with Crippen LogP contribution in [0.15, 0.2) is 47.6 Å². The van der Waals surface area contributed by atoms with E-state index in [4.69, 9.17) is 0 Å². The number of hydrogen-bond donors (Lipinski definition) is 2. The van der Waals surface area contributed by atoms with Crippen LogP contribution >= 0.6 is 24.0 Å². The minimum absolute atomic E-state index is 0. The zero-order valence-corrected chi connectivity index (χ0v) is 18.1. The molecule has 1 heterocycles. The van der Waals surface area contributed by atoms with Gasteiger partial charge in [-0.1, -0.05) is 12.1 Å². The first-order valence-corrected chi connectivity index (χ1v) is 8.55. The smallest absolute Gasteiger partial charge is 0.191 e. The summed E-state index contributed by atoms with van der Waals surface area (Å²) in [4.78, 5) is 10.5. The molecule has 2 N–H and O–H groups in total. The molecule has 8 heteroatoms. The van der Waals surface area contributed by atoms with Crippen molar-refractivity contribution in [1.29, 1.82) is 0 Å². The van der Waals surface area contributed by atoms with Crippen LogP contribution in [-0.4, -0.2) is 43.0 Å². The molecule has 0 saturated heterocycles. The fourth-order valence-electron chi connectivity index (χ4n) is 2.56. The molecule has 2 aromatic rings. The first kappa shape index (κ1) is 23.2. The first-order valence-electron chi connectivity index (χ1n) is 8.55. The van der Waals surface area contributed by atoms with Crippen LogP contribution in [-0.2, 0) is 6.54 Å². The SMILES string of the molecule is CCNC(=NCc1ccccn1)NCC(c1c(F)cccc1F)N(C)C.I. The van der Waals surface area contributed by atoms with E-state index in [2.05, 4.69) is 20.6 Å². The monoisotopic (exact) mass is 489 g/mol. The van der Waals surface area contributed by atoms with Crippen molar-refractivity contribution < 1.29 is 8.78 Å². The van der Waals surface area contributed by atoms with Crippen molar-refractivity contribution in [1.82, 2.24) is 20.5 Å². The molecule has 148 valence electrons. The molecule has 0 bridgehead atoms. The number of halogens is 3. The molecule has 1 unspecified atom stereocenters. The Kier molecular flexibility index (Phi) is 10.2. The molecular formula is C19H26F2IN5. The summed E-state index contributed by atoms with van der Waals surface area (Å²) in [5.41, 5.74) is 0.889. The van der Waals surface area contributed by atoms with E-state index in [1.54, 1.807) is 25.2 Å². The summed E-state index contributed by atoms with van der Waals surface area (Å²) in [5, 5.41) is 6.29. The first-order chi connectivity index (χ1) is 12.5. The van der Waals surface area contributed by atoms with Gasteiger partial charge in [-0.25, -0.2) is 13.8 Å². The molecule has 0 spiro atoms. The number of aliphatic imine (C=N–C) groups is 1. The maximum absolute atomic E-state index is 14.2. The molecule has 2 rings (SSSR count). The van der Waals surface area contributed by atoms with Gasteiger partial charge < -0.3 is 15.5 Å². The lowest BCUT2D eigenvalue weighted by atomic mass is 10.0. The molecule has 0 aliphatic rings. The van der Waals surface area contributed by atoms with Gasteiger partial charge in [-0.3, -0.25) is 4.98 Å². The molecule has 27 heavy (non-hydrogen) atoms. The van der Waals surface area contributed by atoms with E-state index in [1.807, 2.05) is 25.1 Å². The molecule has 0 saturated carbocycles. The lowest BCUT2D eigenvalue weighted by molar-refractivity contribution is 0.282. The van der Waals surface area contributed by atoms with Gasteiger partial charge in [-0.15, -0.1) is 24.0 Å². The summed E-state index contributed by atoms with van der Waals surface area (Å²) >= 11 is 0.